The molecule has 1 heterocycles. The zero-order valence-corrected chi connectivity index (χ0v) is 14.3. The summed E-state index contributed by atoms with van der Waals surface area (Å²) < 4.78 is 15.7. The highest BCUT2D eigenvalue weighted by Crippen LogP contribution is 2.39. The van der Waals surface area contributed by atoms with Gasteiger partial charge in [0.1, 0.15) is 5.75 Å². The highest BCUT2D eigenvalue weighted by atomic mass is 35.5. The molecule has 6 nitrogen and oxygen atoms in total. The average Bonchev–Trinajstić information content (AvgIpc) is 3.04. The molecule has 0 unspecified atom stereocenters. The summed E-state index contributed by atoms with van der Waals surface area (Å²) in [6, 6.07) is 10.9. The van der Waals surface area contributed by atoms with Gasteiger partial charge in [-0.15, -0.1) is 0 Å². The van der Waals surface area contributed by atoms with Crippen LogP contribution >= 0.6 is 23.8 Å². The van der Waals surface area contributed by atoms with Crippen molar-refractivity contribution in [1.82, 2.24) is 5.43 Å². The summed E-state index contributed by atoms with van der Waals surface area (Å²) in [6.07, 6.45) is 1.59. The molecule has 2 aromatic carbocycles. The van der Waals surface area contributed by atoms with Gasteiger partial charge in [0.2, 0.25) is 6.79 Å². The van der Waals surface area contributed by atoms with Crippen molar-refractivity contribution in [3.05, 3.63) is 47.0 Å². The first-order chi connectivity index (χ1) is 11.7. The fourth-order valence-electron chi connectivity index (χ4n) is 2.09. The van der Waals surface area contributed by atoms with E-state index in [2.05, 4.69) is 15.8 Å². The monoisotopic (exact) mass is 363 g/mol. The molecule has 2 N–H and O–H groups in total. The maximum Gasteiger partial charge on any atom is 0.231 e. The quantitative estimate of drug-likeness (QED) is 0.493. The van der Waals surface area contributed by atoms with Crippen LogP contribution in [0.2, 0.25) is 5.02 Å². The SMILES string of the molecule is COc1cccc(NC(=S)N/N=C\c2cc(Cl)c3c(c2)OCO3)c1. The van der Waals surface area contributed by atoms with E-state index in [1.165, 1.54) is 0 Å². The van der Waals surface area contributed by atoms with Crippen molar-refractivity contribution < 1.29 is 14.2 Å². The van der Waals surface area contributed by atoms with Crippen LogP contribution in [0.15, 0.2) is 41.5 Å². The number of thiocarbonyl (C=S) groups is 1. The largest absolute Gasteiger partial charge is 0.497 e. The summed E-state index contributed by atoms with van der Waals surface area (Å²) in [5, 5.41) is 7.92. The minimum Gasteiger partial charge on any atom is -0.497 e. The topological polar surface area (TPSA) is 64.1 Å². The second-order valence-electron chi connectivity index (χ2n) is 4.79. The third-order valence-corrected chi connectivity index (χ3v) is 3.63. The molecule has 0 atom stereocenters. The van der Waals surface area contributed by atoms with Gasteiger partial charge >= 0.3 is 0 Å². The minimum absolute atomic E-state index is 0.169. The molecule has 0 saturated heterocycles. The Balaban J connectivity index is 1.60. The Labute approximate surface area is 149 Å². The van der Waals surface area contributed by atoms with Crippen molar-refractivity contribution >= 4 is 40.8 Å². The van der Waals surface area contributed by atoms with Crippen LogP contribution in [-0.2, 0) is 0 Å². The van der Waals surface area contributed by atoms with Gasteiger partial charge in [-0.25, -0.2) is 0 Å². The molecule has 0 aromatic heterocycles. The normalized spacial score (nSPS) is 12.2. The van der Waals surface area contributed by atoms with E-state index in [4.69, 9.17) is 38.0 Å². The van der Waals surface area contributed by atoms with E-state index in [1.807, 2.05) is 24.3 Å². The number of anilines is 1. The second kappa shape index (κ2) is 7.37. The highest BCUT2D eigenvalue weighted by molar-refractivity contribution is 7.80. The third-order valence-electron chi connectivity index (χ3n) is 3.16. The first-order valence-electron chi connectivity index (χ1n) is 6.99. The van der Waals surface area contributed by atoms with Crippen LogP contribution in [0.3, 0.4) is 0 Å². The number of rotatable bonds is 4. The lowest BCUT2D eigenvalue weighted by atomic mass is 10.2. The van der Waals surface area contributed by atoms with Crippen LogP contribution in [0, 0.1) is 0 Å². The van der Waals surface area contributed by atoms with Crippen molar-refractivity contribution in [1.29, 1.82) is 0 Å². The van der Waals surface area contributed by atoms with E-state index in [1.54, 1.807) is 25.5 Å². The molecule has 0 aliphatic carbocycles. The lowest BCUT2D eigenvalue weighted by Gasteiger charge is -2.08. The van der Waals surface area contributed by atoms with Gasteiger partial charge in [-0.2, -0.15) is 5.10 Å². The van der Waals surface area contributed by atoms with Gasteiger partial charge in [0.15, 0.2) is 16.6 Å². The summed E-state index contributed by atoms with van der Waals surface area (Å²) in [6.45, 7) is 0.169. The fraction of sp³-hybridized carbons (Fsp3) is 0.125. The molecule has 0 fully saturated rings. The van der Waals surface area contributed by atoms with Gasteiger partial charge in [-0.3, -0.25) is 5.43 Å². The summed E-state index contributed by atoms with van der Waals surface area (Å²) in [4.78, 5) is 0. The number of benzene rings is 2. The molecule has 2 aromatic rings. The van der Waals surface area contributed by atoms with E-state index in [0.29, 0.717) is 21.6 Å². The van der Waals surface area contributed by atoms with E-state index in [-0.39, 0.29) is 6.79 Å². The van der Waals surface area contributed by atoms with Crippen molar-refractivity contribution in [3.8, 4) is 17.2 Å². The molecule has 1 aliphatic heterocycles. The van der Waals surface area contributed by atoms with Gasteiger partial charge in [-0.1, -0.05) is 17.7 Å². The lowest BCUT2D eigenvalue weighted by molar-refractivity contribution is 0.174. The highest BCUT2D eigenvalue weighted by Gasteiger charge is 2.17. The van der Waals surface area contributed by atoms with Gasteiger partial charge in [0, 0.05) is 11.8 Å². The molecule has 0 radical (unpaired) electrons. The van der Waals surface area contributed by atoms with Gasteiger partial charge in [0.25, 0.3) is 0 Å². The Morgan fingerprint density at radius 2 is 2.21 bits per heavy atom. The van der Waals surface area contributed by atoms with Crippen molar-refractivity contribution in [2.75, 3.05) is 19.2 Å². The Kier molecular flexibility index (Phi) is 5.02. The zero-order valence-electron chi connectivity index (χ0n) is 12.7. The Hall–Kier alpha value is -2.51. The number of hydrogen-bond donors (Lipinski definition) is 2. The van der Waals surface area contributed by atoms with Gasteiger partial charge < -0.3 is 19.5 Å². The predicted molar refractivity (Wildman–Crippen MR) is 97.5 cm³/mol. The number of nitrogens with one attached hydrogen (secondary N) is 2. The molecular weight excluding hydrogens is 350 g/mol. The molecule has 0 bridgehead atoms. The van der Waals surface area contributed by atoms with Crippen LogP contribution in [0.25, 0.3) is 0 Å². The molecule has 0 saturated carbocycles. The van der Waals surface area contributed by atoms with E-state index < -0.39 is 0 Å². The molecule has 124 valence electrons. The fourth-order valence-corrected chi connectivity index (χ4v) is 2.53. The maximum absolute atomic E-state index is 6.12. The van der Waals surface area contributed by atoms with Crippen molar-refractivity contribution in [2.45, 2.75) is 0 Å². The number of hydrogen-bond acceptors (Lipinski definition) is 5. The van der Waals surface area contributed by atoms with E-state index >= 15 is 0 Å². The van der Waals surface area contributed by atoms with E-state index in [9.17, 15) is 0 Å². The first-order valence-corrected chi connectivity index (χ1v) is 7.77. The third kappa shape index (κ3) is 3.87. The van der Waals surface area contributed by atoms with Crippen LogP contribution < -0.4 is 25.0 Å². The summed E-state index contributed by atoms with van der Waals surface area (Å²) in [7, 11) is 1.61. The average molecular weight is 364 g/mol. The number of halogens is 1. The maximum atomic E-state index is 6.12. The molecule has 0 spiro atoms. The molecule has 8 heteroatoms. The molecule has 1 aliphatic rings. The number of nitrogens with zero attached hydrogens (tertiary/aromatic N) is 1. The Morgan fingerprint density at radius 1 is 1.33 bits per heavy atom. The Bertz CT molecular complexity index is 798. The van der Waals surface area contributed by atoms with Gasteiger partial charge in [0.05, 0.1) is 18.3 Å². The van der Waals surface area contributed by atoms with Gasteiger partial charge in [-0.05, 0) is 42.0 Å². The number of methoxy groups -OCH3 is 1. The second-order valence-corrected chi connectivity index (χ2v) is 5.61. The standard InChI is InChI=1S/C16H14ClN3O3S/c1-21-12-4-2-3-11(7-12)19-16(24)20-18-8-10-5-13(17)15-14(6-10)22-9-23-15/h2-8H,9H2,1H3,(H2,19,20,24)/b18-8-. The Morgan fingerprint density at radius 3 is 3.04 bits per heavy atom. The van der Waals surface area contributed by atoms with Crippen LogP contribution in [0.1, 0.15) is 5.56 Å². The predicted octanol–water partition coefficient (Wildman–Crippen LogP) is 3.40. The summed E-state index contributed by atoms with van der Waals surface area (Å²) in [5.41, 5.74) is 4.30. The molecule has 0 amide bonds. The number of hydrazone groups is 1. The van der Waals surface area contributed by atoms with E-state index in [0.717, 1.165) is 17.0 Å². The number of ether oxygens (including phenoxy) is 3. The van der Waals surface area contributed by atoms with Crippen LogP contribution in [-0.4, -0.2) is 25.2 Å². The summed E-state index contributed by atoms with van der Waals surface area (Å²) in [5.74, 6) is 1.89. The zero-order chi connectivity index (χ0) is 16.9. The van der Waals surface area contributed by atoms with Crippen molar-refractivity contribution in [2.24, 2.45) is 5.10 Å². The van der Waals surface area contributed by atoms with Crippen LogP contribution in [0.4, 0.5) is 5.69 Å². The van der Waals surface area contributed by atoms with Crippen molar-refractivity contribution in [3.63, 3.8) is 0 Å². The summed E-state index contributed by atoms with van der Waals surface area (Å²) >= 11 is 11.3. The smallest absolute Gasteiger partial charge is 0.231 e. The molecule has 3 rings (SSSR count). The lowest BCUT2D eigenvalue weighted by Crippen LogP contribution is -2.23. The number of fused-ring (bicyclic) bond motifs is 1. The van der Waals surface area contributed by atoms with Crippen LogP contribution in [0.5, 0.6) is 17.2 Å². The molecular formula is C16H14ClN3O3S. The minimum atomic E-state index is 0.169. The molecule has 24 heavy (non-hydrogen) atoms. The first kappa shape index (κ1) is 16.4.